The van der Waals surface area contributed by atoms with Crippen molar-refractivity contribution in [2.45, 2.75) is 39.5 Å². The van der Waals surface area contributed by atoms with Gasteiger partial charge in [0.2, 0.25) is 0 Å². The molecule has 0 spiro atoms. The summed E-state index contributed by atoms with van der Waals surface area (Å²) in [5.74, 6) is 0.707. The van der Waals surface area contributed by atoms with Crippen LogP contribution in [0.15, 0.2) is 12.1 Å². The number of anilines is 1. The Hall–Kier alpha value is -1.24. The summed E-state index contributed by atoms with van der Waals surface area (Å²) in [4.78, 5) is 13.0. The zero-order chi connectivity index (χ0) is 17.0. The first-order chi connectivity index (χ1) is 10.9. The Morgan fingerprint density at radius 3 is 2.48 bits per heavy atom. The molecule has 0 saturated carbocycles. The number of rotatable bonds is 5. The molecule has 1 aliphatic rings. The second-order valence-electron chi connectivity index (χ2n) is 6.29. The Balaban J connectivity index is 2.04. The van der Waals surface area contributed by atoms with E-state index >= 15 is 0 Å². The van der Waals surface area contributed by atoms with Gasteiger partial charge in [0.1, 0.15) is 16.7 Å². The Labute approximate surface area is 141 Å². The maximum atomic E-state index is 12.4. The van der Waals surface area contributed by atoms with Crippen LogP contribution in [-0.2, 0) is 21.6 Å². The van der Waals surface area contributed by atoms with Crippen LogP contribution in [0.25, 0.3) is 0 Å². The third kappa shape index (κ3) is 4.40. The lowest BCUT2D eigenvalue weighted by Crippen LogP contribution is -2.63. The molecule has 2 amide bonds. The van der Waals surface area contributed by atoms with E-state index in [0.29, 0.717) is 5.75 Å². The van der Waals surface area contributed by atoms with Gasteiger partial charge >= 0.3 is 6.03 Å². The van der Waals surface area contributed by atoms with Crippen LogP contribution in [-0.4, -0.2) is 36.2 Å². The van der Waals surface area contributed by atoms with E-state index in [0.717, 1.165) is 30.8 Å². The molecule has 0 radical (unpaired) electrons. The first-order valence-electron chi connectivity index (χ1n) is 8.30. The number of hydrogen-bond acceptors (Lipinski definition) is 2. The van der Waals surface area contributed by atoms with Crippen molar-refractivity contribution in [3.8, 4) is 0 Å². The van der Waals surface area contributed by atoms with Crippen LogP contribution in [0.5, 0.6) is 0 Å². The minimum atomic E-state index is -1.27. The van der Waals surface area contributed by atoms with Crippen molar-refractivity contribution < 1.29 is 14.7 Å². The van der Waals surface area contributed by atoms with E-state index in [4.69, 9.17) is 0 Å². The molecule has 2 rings (SSSR count). The van der Waals surface area contributed by atoms with Crippen molar-refractivity contribution in [1.82, 2.24) is 4.31 Å². The van der Waals surface area contributed by atoms with Gasteiger partial charge in [-0.15, -0.1) is 4.31 Å². The lowest BCUT2D eigenvalue weighted by Gasteiger charge is -2.21. The Morgan fingerprint density at radius 2 is 1.87 bits per heavy atom. The van der Waals surface area contributed by atoms with Crippen LogP contribution in [0, 0.1) is 13.8 Å². The van der Waals surface area contributed by atoms with E-state index in [2.05, 4.69) is 23.0 Å². The first-order valence-corrected chi connectivity index (χ1v) is 9.70. The molecule has 0 aromatic heterocycles. The van der Waals surface area contributed by atoms with Crippen LogP contribution in [0.4, 0.5) is 10.5 Å². The third-order valence-electron chi connectivity index (χ3n) is 4.83. The van der Waals surface area contributed by atoms with Gasteiger partial charge < -0.3 is 0 Å². The number of amides is 2. The molecular formula is C17H29N3O2S+2. The molecule has 1 atom stereocenters. The van der Waals surface area contributed by atoms with Gasteiger partial charge in [0.15, 0.2) is 0 Å². The molecule has 1 unspecified atom stereocenters. The van der Waals surface area contributed by atoms with Crippen LogP contribution >= 0.6 is 0 Å². The molecule has 6 heteroatoms. The van der Waals surface area contributed by atoms with Crippen molar-refractivity contribution in [2.24, 2.45) is 0 Å². The van der Waals surface area contributed by atoms with Gasteiger partial charge in [-0.3, -0.25) is 10.6 Å². The standard InChI is InChI=1S/C17H27N3O2S/c1-13-14(2)16(19(3)17(18)21)8-7-15(13)9-12-23(22)20-10-5-4-6-11-20/h7-8H,4-6,9-12H2,1-3H3,(H2,18,21)/p+2. The largest absolute Gasteiger partial charge is 0.418 e. The smallest absolute Gasteiger partial charge is 0.274 e. The predicted octanol–water partition coefficient (Wildman–Crippen LogP) is 1.74. The lowest BCUT2D eigenvalue weighted by atomic mass is 9.99. The van der Waals surface area contributed by atoms with Crippen molar-refractivity contribution in [3.63, 3.8) is 0 Å². The molecule has 23 heavy (non-hydrogen) atoms. The summed E-state index contributed by atoms with van der Waals surface area (Å²) in [6, 6.07) is 3.80. The maximum absolute atomic E-state index is 12.4. The summed E-state index contributed by atoms with van der Waals surface area (Å²) >= 11 is 0. The average molecular weight is 340 g/mol. The van der Waals surface area contributed by atoms with Crippen LogP contribution in [0.3, 0.4) is 0 Å². The SMILES string of the molecule is Cc1c(CC[SH+](=O)N2CCCCC2)ccc(N(C)C([NH3+])=O)c1C. The molecule has 1 aromatic rings. The van der Waals surface area contributed by atoms with Gasteiger partial charge in [-0.2, -0.15) is 0 Å². The Morgan fingerprint density at radius 1 is 1.22 bits per heavy atom. The predicted molar refractivity (Wildman–Crippen MR) is 96.0 cm³/mol. The van der Waals surface area contributed by atoms with E-state index in [1.54, 1.807) is 11.9 Å². The first kappa shape index (κ1) is 18.1. The van der Waals surface area contributed by atoms with Crippen LogP contribution in [0.2, 0.25) is 0 Å². The number of hydrogen-bond donors (Lipinski definition) is 1. The highest BCUT2D eigenvalue weighted by atomic mass is 32.2. The summed E-state index contributed by atoms with van der Waals surface area (Å²) in [5.41, 5.74) is 7.85. The van der Waals surface area contributed by atoms with E-state index in [1.807, 2.05) is 13.0 Å². The fourth-order valence-corrected chi connectivity index (χ4v) is 4.53. The quantitative estimate of drug-likeness (QED) is 0.656. The monoisotopic (exact) mass is 339 g/mol. The van der Waals surface area contributed by atoms with Gasteiger partial charge in [-0.1, -0.05) is 16.7 Å². The lowest BCUT2D eigenvalue weighted by molar-refractivity contribution is -0.246. The number of aryl methyl sites for hydroxylation is 1. The molecule has 1 fully saturated rings. The normalized spacial score (nSPS) is 17.0. The van der Waals surface area contributed by atoms with Gasteiger partial charge in [-0.25, -0.2) is 4.79 Å². The molecule has 5 nitrogen and oxygen atoms in total. The molecule has 1 aliphatic heterocycles. The molecule has 3 N–H and O–H groups in total. The van der Waals surface area contributed by atoms with Gasteiger partial charge in [0.25, 0.3) is 0 Å². The topological polar surface area (TPSA) is 68.3 Å². The number of piperidine rings is 1. The minimum absolute atomic E-state index is 0.214. The second kappa shape index (κ2) is 8.04. The van der Waals surface area contributed by atoms with E-state index in [-0.39, 0.29) is 6.03 Å². The van der Waals surface area contributed by atoms with Crippen molar-refractivity contribution >= 4 is 22.7 Å². The zero-order valence-corrected chi connectivity index (χ0v) is 15.4. The zero-order valence-electron chi connectivity index (χ0n) is 14.5. The Bertz CT molecular complexity index is 598. The molecule has 0 aliphatic carbocycles. The van der Waals surface area contributed by atoms with Crippen molar-refractivity contribution in [2.75, 3.05) is 30.8 Å². The molecular weight excluding hydrogens is 310 g/mol. The number of thiol groups is 1. The number of quaternary nitrogens is 1. The second-order valence-corrected chi connectivity index (χ2v) is 8.00. The molecule has 128 valence electrons. The molecule has 1 saturated heterocycles. The fraction of sp³-hybridized carbons (Fsp3) is 0.588. The summed E-state index contributed by atoms with van der Waals surface area (Å²) < 4.78 is 14.6. The van der Waals surface area contributed by atoms with Crippen LogP contribution in [0.1, 0.15) is 36.0 Å². The number of carbonyl (C=O) groups excluding carboxylic acids is 1. The average Bonchev–Trinajstić information content (AvgIpc) is 2.56. The summed E-state index contributed by atoms with van der Waals surface area (Å²) in [6.45, 7) is 6.05. The van der Waals surface area contributed by atoms with Crippen LogP contribution < -0.4 is 10.6 Å². The summed E-state index contributed by atoms with van der Waals surface area (Å²) in [6.07, 6.45) is 4.41. The van der Waals surface area contributed by atoms with Gasteiger partial charge in [0, 0.05) is 26.6 Å². The van der Waals surface area contributed by atoms with E-state index < -0.39 is 11.0 Å². The number of carbonyl (C=O) groups is 1. The highest BCUT2D eigenvalue weighted by molar-refractivity contribution is 7.82. The highest BCUT2D eigenvalue weighted by Crippen LogP contribution is 2.25. The van der Waals surface area contributed by atoms with Gasteiger partial charge in [0.05, 0.1) is 5.69 Å². The third-order valence-corrected chi connectivity index (χ3v) is 6.46. The van der Waals surface area contributed by atoms with E-state index in [1.165, 1.54) is 30.4 Å². The highest BCUT2D eigenvalue weighted by Gasteiger charge is 2.22. The molecule has 1 aromatic carbocycles. The summed E-state index contributed by atoms with van der Waals surface area (Å²) in [5, 5.41) is 0. The molecule has 1 heterocycles. The van der Waals surface area contributed by atoms with Crippen molar-refractivity contribution in [1.29, 1.82) is 0 Å². The van der Waals surface area contributed by atoms with Gasteiger partial charge in [-0.05, 0) is 49.4 Å². The van der Waals surface area contributed by atoms with E-state index in [9.17, 15) is 9.00 Å². The minimum Gasteiger partial charge on any atom is -0.274 e. The summed E-state index contributed by atoms with van der Waals surface area (Å²) in [7, 11) is 0.474. The maximum Gasteiger partial charge on any atom is 0.418 e. The Kier molecular flexibility index (Phi) is 6.33. The van der Waals surface area contributed by atoms with Crippen molar-refractivity contribution in [3.05, 3.63) is 28.8 Å². The number of benzene rings is 1. The number of urea groups is 1. The fourth-order valence-electron chi connectivity index (χ4n) is 3.09. The molecule has 0 bridgehead atoms. The number of nitrogens with zero attached hydrogens (tertiary/aromatic N) is 2.